The van der Waals surface area contributed by atoms with Gasteiger partial charge in [0, 0.05) is 29.2 Å². The highest BCUT2D eigenvalue weighted by molar-refractivity contribution is 7.93. The summed E-state index contributed by atoms with van der Waals surface area (Å²) in [5, 5.41) is -0.0173. The summed E-state index contributed by atoms with van der Waals surface area (Å²) in [6, 6.07) is 11.4. The van der Waals surface area contributed by atoms with Gasteiger partial charge in [-0.15, -0.1) is 0 Å². The molecule has 0 spiro atoms. The Morgan fingerprint density at radius 3 is 2.65 bits per heavy atom. The van der Waals surface area contributed by atoms with Gasteiger partial charge in [0.2, 0.25) is 5.13 Å². The van der Waals surface area contributed by atoms with E-state index in [2.05, 4.69) is 19.0 Å². The average molecular weight is 465 g/mol. The Balaban J connectivity index is 1.64. The van der Waals surface area contributed by atoms with Gasteiger partial charge < -0.3 is 0 Å². The second-order valence-corrected chi connectivity index (χ2v) is 9.92. The molecule has 1 fully saturated rings. The third kappa shape index (κ3) is 4.60. The normalized spacial score (nSPS) is 18.6. The third-order valence-electron chi connectivity index (χ3n) is 5.60. The van der Waals surface area contributed by atoms with Crippen molar-refractivity contribution in [2.75, 3.05) is 11.3 Å². The molecule has 0 amide bonds. The molecular weight excluding hydrogens is 442 g/mol. The second kappa shape index (κ2) is 8.97. The van der Waals surface area contributed by atoms with Crippen LogP contribution in [0.1, 0.15) is 49.4 Å². The number of nitrogens with zero attached hydrogens (tertiary/aromatic N) is 3. The zero-order valence-corrected chi connectivity index (χ0v) is 18.5. The summed E-state index contributed by atoms with van der Waals surface area (Å²) in [6.07, 6.45) is 4.13. The van der Waals surface area contributed by atoms with Gasteiger partial charge in [-0.25, -0.2) is 22.2 Å². The van der Waals surface area contributed by atoms with Gasteiger partial charge in [0.15, 0.2) is 0 Å². The fraction of sp³-hybridized carbons (Fsp3) is 0.333. The highest BCUT2D eigenvalue weighted by Gasteiger charge is 2.31. The van der Waals surface area contributed by atoms with Gasteiger partial charge in [0.1, 0.15) is 22.9 Å². The van der Waals surface area contributed by atoms with E-state index in [1.54, 1.807) is 0 Å². The first kappa shape index (κ1) is 21.8. The van der Waals surface area contributed by atoms with E-state index in [0.717, 1.165) is 55.0 Å². The Hall–Kier alpha value is -2.43. The van der Waals surface area contributed by atoms with Crippen molar-refractivity contribution >= 4 is 26.7 Å². The van der Waals surface area contributed by atoms with Crippen LogP contribution in [0.25, 0.3) is 0 Å². The highest BCUT2D eigenvalue weighted by Crippen LogP contribution is 2.38. The molecule has 1 saturated heterocycles. The van der Waals surface area contributed by atoms with Crippen molar-refractivity contribution in [2.24, 2.45) is 0 Å². The van der Waals surface area contributed by atoms with E-state index in [1.807, 2.05) is 37.3 Å². The molecule has 0 saturated carbocycles. The average Bonchev–Trinajstić information content (AvgIpc) is 3.27. The van der Waals surface area contributed by atoms with Crippen LogP contribution in [0, 0.1) is 11.6 Å². The molecule has 10 heteroatoms. The maximum Gasteiger partial charge on any atom is 0.266 e. The van der Waals surface area contributed by atoms with Crippen LogP contribution >= 0.6 is 11.5 Å². The molecule has 0 aliphatic carbocycles. The number of likely N-dealkylation sites (tertiary alicyclic amines) is 1. The van der Waals surface area contributed by atoms with E-state index < -0.39 is 32.6 Å². The Morgan fingerprint density at radius 1 is 1.16 bits per heavy atom. The van der Waals surface area contributed by atoms with Crippen molar-refractivity contribution < 1.29 is 17.2 Å². The first-order chi connectivity index (χ1) is 14.9. The van der Waals surface area contributed by atoms with Crippen molar-refractivity contribution in [3.8, 4) is 0 Å². The maximum atomic E-state index is 15.1. The van der Waals surface area contributed by atoms with Crippen LogP contribution in [0.4, 0.5) is 13.9 Å². The highest BCUT2D eigenvalue weighted by atomic mass is 32.2. The Morgan fingerprint density at radius 2 is 1.94 bits per heavy atom. The number of nitrogens with one attached hydrogen (secondary N) is 1. The van der Waals surface area contributed by atoms with Crippen LogP contribution in [0.2, 0.25) is 0 Å². The lowest BCUT2D eigenvalue weighted by Crippen LogP contribution is -2.36. The molecule has 164 valence electrons. The van der Waals surface area contributed by atoms with Crippen molar-refractivity contribution in [3.05, 3.63) is 71.6 Å². The maximum absolute atomic E-state index is 15.1. The minimum absolute atomic E-state index is 0.0173. The minimum Gasteiger partial charge on any atom is -0.290 e. The largest absolute Gasteiger partial charge is 0.290 e. The molecule has 2 atom stereocenters. The van der Waals surface area contributed by atoms with Gasteiger partial charge in [0.05, 0.1) is 0 Å². The minimum atomic E-state index is -4.33. The number of sulfonamides is 1. The number of halogens is 2. The van der Waals surface area contributed by atoms with Crippen LogP contribution in [-0.4, -0.2) is 29.2 Å². The molecule has 2 heterocycles. The zero-order valence-electron chi connectivity index (χ0n) is 16.8. The van der Waals surface area contributed by atoms with E-state index in [4.69, 9.17) is 0 Å². The first-order valence-corrected chi connectivity index (χ1v) is 12.2. The summed E-state index contributed by atoms with van der Waals surface area (Å²) in [4.78, 5) is 5.12. The first-order valence-electron chi connectivity index (χ1n) is 9.96. The number of aromatic nitrogens is 2. The number of hydrogen-bond donors (Lipinski definition) is 1. The lowest BCUT2D eigenvalue weighted by Gasteiger charge is -2.40. The molecular formula is C21H22F2N4O2S2. The van der Waals surface area contributed by atoms with Gasteiger partial charge >= 0.3 is 0 Å². The number of rotatable bonds is 6. The molecule has 3 aromatic rings. The van der Waals surface area contributed by atoms with Crippen LogP contribution in [0.3, 0.4) is 0 Å². The fourth-order valence-corrected chi connectivity index (χ4v) is 5.82. The standard InChI is InChI=1S/C21H22F2N4O2S2/c1-14(27-10-6-5-9-19(27)15-7-3-2-4-8-15)16-11-18(23)20(12-17(16)22)31(28,29)26-21-24-13-25-30-21/h2-4,7-8,11-14,19H,5-6,9-10H2,1H3,(H,24,25,26)/t14-,19?/m0/s1. The molecule has 4 rings (SSSR count). The fourth-order valence-electron chi connectivity index (χ4n) is 4.09. The van der Waals surface area contributed by atoms with Gasteiger partial charge in [-0.2, -0.15) is 4.37 Å². The van der Waals surface area contributed by atoms with Gasteiger partial charge in [0.25, 0.3) is 10.0 Å². The molecule has 1 aliphatic rings. The Bertz CT molecular complexity index is 1140. The summed E-state index contributed by atoms with van der Waals surface area (Å²) in [5.41, 5.74) is 1.27. The summed E-state index contributed by atoms with van der Waals surface area (Å²) in [7, 11) is -4.33. The molecule has 0 bridgehead atoms. The summed E-state index contributed by atoms with van der Waals surface area (Å²) in [6.45, 7) is 2.58. The van der Waals surface area contributed by atoms with Gasteiger partial charge in [-0.3, -0.25) is 9.62 Å². The predicted molar refractivity (Wildman–Crippen MR) is 115 cm³/mol. The lowest BCUT2D eigenvalue weighted by molar-refractivity contribution is 0.101. The number of hydrogen-bond acceptors (Lipinski definition) is 6. The number of benzene rings is 2. The molecule has 1 aliphatic heterocycles. The number of piperidine rings is 1. The third-order valence-corrected chi connectivity index (χ3v) is 7.66. The van der Waals surface area contributed by atoms with Gasteiger partial charge in [-0.05, 0) is 44.0 Å². The molecule has 6 nitrogen and oxygen atoms in total. The quantitative estimate of drug-likeness (QED) is 0.561. The van der Waals surface area contributed by atoms with Crippen molar-refractivity contribution in [2.45, 2.75) is 43.2 Å². The van der Waals surface area contributed by atoms with E-state index in [-0.39, 0.29) is 16.7 Å². The second-order valence-electron chi connectivity index (χ2n) is 7.49. The molecule has 1 aromatic heterocycles. The van der Waals surface area contributed by atoms with E-state index in [0.29, 0.717) is 0 Å². The molecule has 31 heavy (non-hydrogen) atoms. The summed E-state index contributed by atoms with van der Waals surface area (Å²) < 4.78 is 60.7. The molecule has 1 unspecified atom stereocenters. The smallest absolute Gasteiger partial charge is 0.266 e. The summed E-state index contributed by atoms with van der Waals surface area (Å²) >= 11 is 0.805. The monoisotopic (exact) mass is 464 g/mol. The van der Waals surface area contributed by atoms with Crippen LogP contribution in [-0.2, 0) is 10.0 Å². The lowest BCUT2D eigenvalue weighted by atomic mass is 9.92. The summed E-state index contributed by atoms with van der Waals surface area (Å²) in [5.74, 6) is -1.77. The van der Waals surface area contributed by atoms with Crippen molar-refractivity contribution in [1.29, 1.82) is 0 Å². The van der Waals surface area contributed by atoms with E-state index >= 15 is 4.39 Å². The van der Waals surface area contributed by atoms with Crippen LogP contribution in [0.15, 0.2) is 53.7 Å². The topological polar surface area (TPSA) is 75.2 Å². The molecule has 0 radical (unpaired) electrons. The Kier molecular flexibility index (Phi) is 6.31. The van der Waals surface area contributed by atoms with E-state index in [9.17, 15) is 12.8 Å². The Labute approximate surface area is 184 Å². The van der Waals surface area contributed by atoms with Crippen LogP contribution < -0.4 is 4.72 Å². The molecule has 2 aromatic carbocycles. The zero-order chi connectivity index (χ0) is 22.0. The van der Waals surface area contributed by atoms with Crippen LogP contribution in [0.5, 0.6) is 0 Å². The van der Waals surface area contributed by atoms with Crippen molar-refractivity contribution in [3.63, 3.8) is 0 Å². The van der Waals surface area contributed by atoms with Gasteiger partial charge in [-0.1, -0.05) is 36.8 Å². The predicted octanol–water partition coefficient (Wildman–Crippen LogP) is 4.91. The SMILES string of the molecule is C[C@@H](c1cc(F)c(S(=O)(=O)Nc2ncns2)cc1F)N1CCCCC1c1ccccc1. The number of anilines is 1. The molecule has 1 N–H and O–H groups in total. The van der Waals surface area contributed by atoms with Crippen molar-refractivity contribution in [1.82, 2.24) is 14.3 Å². The van der Waals surface area contributed by atoms with E-state index in [1.165, 1.54) is 6.33 Å².